The summed E-state index contributed by atoms with van der Waals surface area (Å²) in [5.41, 5.74) is 5.79. The minimum atomic E-state index is -0.789. The Bertz CT molecular complexity index is 2850. The van der Waals surface area contributed by atoms with E-state index in [1.807, 2.05) is 0 Å². The molecule has 0 atom stereocenters. The molecule has 0 saturated carbocycles. The van der Waals surface area contributed by atoms with Gasteiger partial charge in [0.05, 0.1) is 52.4 Å². The van der Waals surface area contributed by atoms with Crippen LogP contribution in [0.25, 0.3) is 22.5 Å². The third-order valence-electron chi connectivity index (χ3n) is 10.0. The number of amides is 3. The zero-order valence-corrected chi connectivity index (χ0v) is 33.6. The van der Waals surface area contributed by atoms with Gasteiger partial charge in [0.1, 0.15) is 17.5 Å². The van der Waals surface area contributed by atoms with Gasteiger partial charge in [0, 0.05) is 36.1 Å². The van der Waals surface area contributed by atoms with Crippen LogP contribution in [0.4, 0.5) is 30.9 Å². The summed E-state index contributed by atoms with van der Waals surface area (Å²) >= 11 is 0. The molecule has 62 heavy (non-hydrogen) atoms. The Labute approximate surface area is 357 Å². The van der Waals surface area contributed by atoms with Crippen LogP contribution < -0.4 is 16.0 Å². The zero-order valence-electron chi connectivity index (χ0n) is 33.6. The topological polar surface area (TPSA) is 160 Å². The van der Waals surface area contributed by atoms with E-state index in [-0.39, 0.29) is 47.6 Å². The number of nitrogens with one attached hydrogen (secondary N) is 3. The fourth-order valence-corrected chi connectivity index (χ4v) is 6.82. The summed E-state index contributed by atoms with van der Waals surface area (Å²) in [7, 11) is 0. The average molecular weight is 824 g/mol. The molecule has 3 amide bonds. The largest absolute Gasteiger partial charge is 0.369 e. The first-order valence-electron chi connectivity index (χ1n) is 19.7. The number of pyridine rings is 3. The van der Waals surface area contributed by atoms with Crippen molar-refractivity contribution in [2.24, 2.45) is 0 Å². The maximum absolute atomic E-state index is 14.9. The third-order valence-corrected chi connectivity index (χ3v) is 10.0. The van der Waals surface area contributed by atoms with Crippen molar-refractivity contribution in [1.29, 1.82) is 10.5 Å². The minimum Gasteiger partial charge on any atom is -0.369 e. The summed E-state index contributed by atoms with van der Waals surface area (Å²) in [6.07, 6.45) is 2.43. The number of aryl methyl sites for hydroxylation is 1. The molecule has 7 rings (SSSR count). The molecule has 7 aromatic rings. The number of nitriles is 2. The molecule has 3 heterocycles. The number of carbonyl (C=O) groups excluding carboxylic acids is 2. The molecular formula is C49H39F2N9O2. The maximum atomic E-state index is 14.9. The van der Waals surface area contributed by atoms with Gasteiger partial charge >= 0.3 is 6.03 Å². The van der Waals surface area contributed by atoms with Crippen LogP contribution in [-0.4, -0.2) is 44.9 Å². The van der Waals surface area contributed by atoms with Gasteiger partial charge in [-0.05, 0) is 103 Å². The lowest BCUT2D eigenvalue weighted by Gasteiger charge is -2.24. The highest BCUT2D eigenvalue weighted by atomic mass is 19.1. The van der Waals surface area contributed by atoms with Crippen molar-refractivity contribution in [2.45, 2.75) is 26.3 Å². The Morgan fingerprint density at radius 1 is 0.661 bits per heavy atom. The zero-order chi connectivity index (χ0) is 43.4. The molecule has 3 aromatic heterocycles. The Balaban J connectivity index is 1.25. The minimum absolute atomic E-state index is 0.0640. The predicted octanol–water partition coefficient (Wildman–Crippen LogP) is 9.72. The molecule has 0 spiro atoms. The van der Waals surface area contributed by atoms with Crippen LogP contribution in [0, 0.1) is 41.2 Å². The van der Waals surface area contributed by atoms with E-state index in [0.29, 0.717) is 64.3 Å². The van der Waals surface area contributed by atoms with Crippen molar-refractivity contribution >= 4 is 29.3 Å². The molecule has 3 N–H and O–H groups in total. The fraction of sp³-hybridized carbons (Fsp3) is 0.122. The van der Waals surface area contributed by atoms with Gasteiger partial charge in [0.25, 0.3) is 5.91 Å². The smallest absolute Gasteiger partial charge is 0.329 e. The van der Waals surface area contributed by atoms with Crippen molar-refractivity contribution in [2.75, 3.05) is 29.0 Å². The summed E-state index contributed by atoms with van der Waals surface area (Å²) < 4.78 is 28.0. The standard InChI is InChI=1S/C49H39F2N9O2/c1-32-37(13-8-24-54-32)31-60(48(61)42-18-19-43(40-16-4-2-11-35(40)29-52)57-46(42)55-25-22-33-9-6-14-38(50)27-33)49(62)59-45-21-20-44(41-17-5-3-12-36(41)30-53)58-47(45)56-26-23-34-10-7-15-39(51)28-34/h2-21,24,27-28H,22-23,25-26,31H2,1H3,(H,55,57)(H,56,58)(H,59,62). The van der Waals surface area contributed by atoms with E-state index in [1.54, 1.807) is 122 Å². The normalized spacial score (nSPS) is 10.6. The highest BCUT2D eigenvalue weighted by Crippen LogP contribution is 2.30. The van der Waals surface area contributed by atoms with Crippen molar-refractivity contribution in [3.8, 4) is 34.7 Å². The van der Waals surface area contributed by atoms with Crippen molar-refractivity contribution < 1.29 is 18.4 Å². The summed E-state index contributed by atoms with van der Waals surface area (Å²) in [5.74, 6) is -1.02. The lowest BCUT2D eigenvalue weighted by atomic mass is 10.0. The maximum Gasteiger partial charge on any atom is 0.329 e. The third kappa shape index (κ3) is 10.1. The Hall–Kier alpha value is -8.29. The van der Waals surface area contributed by atoms with Gasteiger partial charge in [-0.25, -0.2) is 23.5 Å². The molecule has 4 aromatic carbocycles. The summed E-state index contributed by atoms with van der Waals surface area (Å²) in [5, 5.41) is 29.1. The second kappa shape index (κ2) is 19.6. The second-order valence-corrected chi connectivity index (χ2v) is 14.2. The van der Waals surface area contributed by atoms with Gasteiger partial charge in [-0.1, -0.05) is 66.7 Å². The molecule has 0 unspecified atom stereocenters. The molecule has 0 aliphatic heterocycles. The molecular weight excluding hydrogens is 785 g/mol. The first-order chi connectivity index (χ1) is 30.2. The van der Waals surface area contributed by atoms with E-state index in [4.69, 9.17) is 9.97 Å². The Morgan fingerprint density at radius 3 is 1.81 bits per heavy atom. The summed E-state index contributed by atoms with van der Waals surface area (Å²) in [6, 6.07) is 40.0. The van der Waals surface area contributed by atoms with Crippen LogP contribution in [-0.2, 0) is 19.4 Å². The summed E-state index contributed by atoms with van der Waals surface area (Å²) in [4.78, 5) is 44.6. The molecule has 306 valence electrons. The number of urea groups is 1. The van der Waals surface area contributed by atoms with Crippen LogP contribution in [0.5, 0.6) is 0 Å². The van der Waals surface area contributed by atoms with Crippen molar-refractivity contribution in [3.05, 3.63) is 190 Å². The van der Waals surface area contributed by atoms with Crippen LogP contribution in [0.3, 0.4) is 0 Å². The van der Waals surface area contributed by atoms with Gasteiger partial charge in [-0.15, -0.1) is 0 Å². The van der Waals surface area contributed by atoms with E-state index in [2.05, 4.69) is 33.1 Å². The van der Waals surface area contributed by atoms with Crippen LogP contribution in [0.15, 0.2) is 140 Å². The molecule has 0 aliphatic carbocycles. The average Bonchev–Trinajstić information content (AvgIpc) is 3.29. The Kier molecular flexibility index (Phi) is 13.3. The molecule has 13 heteroatoms. The van der Waals surface area contributed by atoms with Gasteiger partial charge < -0.3 is 16.0 Å². The number of hydrogen-bond donors (Lipinski definition) is 3. The molecule has 0 aliphatic rings. The molecule has 0 fully saturated rings. The van der Waals surface area contributed by atoms with Gasteiger partial charge in [-0.3, -0.25) is 14.7 Å². The molecule has 0 saturated heterocycles. The van der Waals surface area contributed by atoms with E-state index in [0.717, 1.165) is 16.0 Å². The fourth-order valence-electron chi connectivity index (χ4n) is 6.82. The first-order valence-corrected chi connectivity index (χ1v) is 19.7. The number of aromatic nitrogens is 3. The molecule has 0 radical (unpaired) electrons. The number of halogens is 2. The quantitative estimate of drug-likeness (QED) is 0.0971. The van der Waals surface area contributed by atoms with Gasteiger partial charge in [0.15, 0.2) is 5.82 Å². The number of carbonyl (C=O) groups is 2. The van der Waals surface area contributed by atoms with Crippen molar-refractivity contribution in [3.63, 3.8) is 0 Å². The number of benzene rings is 4. The second-order valence-electron chi connectivity index (χ2n) is 14.2. The SMILES string of the molecule is Cc1ncccc1CN(C(=O)Nc1ccc(-c2ccccc2C#N)nc1NCCc1cccc(F)c1)C(=O)c1ccc(-c2ccccc2C#N)nc1NCCc1cccc(F)c1. The number of anilines is 3. The number of hydrogen-bond acceptors (Lipinski definition) is 9. The Morgan fingerprint density at radius 2 is 1.23 bits per heavy atom. The first kappa shape index (κ1) is 41.9. The van der Waals surface area contributed by atoms with Gasteiger partial charge in [0.2, 0.25) is 0 Å². The van der Waals surface area contributed by atoms with E-state index in [9.17, 15) is 28.9 Å². The lowest BCUT2D eigenvalue weighted by Crippen LogP contribution is -2.40. The van der Waals surface area contributed by atoms with Crippen LogP contribution in [0.2, 0.25) is 0 Å². The molecule has 11 nitrogen and oxygen atoms in total. The van der Waals surface area contributed by atoms with E-state index >= 15 is 0 Å². The number of nitrogens with zero attached hydrogens (tertiary/aromatic N) is 6. The monoisotopic (exact) mass is 823 g/mol. The van der Waals surface area contributed by atoms with Crippen molar-refractivity contribution in [1.82, 2.24) is 19.9 Å². The predicted molar refractivity (Wildman–Crippen MR) is 234 cm³/mol. The van der Waals surface area contributed by atoms with E-state index in [1.165, 1.54) is 24.3 Å². The van der Waals surface area contributed by atoms with Crippen LogP contribution in [0.1, 0.15) is 43.9 Å². The highest BCUT2D eigenvalue weighted by molar-refractivity contribution is 6.10. The highest BCUT2D eigenvalue weighted by Gasteiger charge is 2.28. The van der Waals surface area contributed by atoms with E-state index < -0.39 is 11.9 Å². The van der Waals surface area contributed by atoms with Crippen LogP contribution >= 0.6 is 0 Å². The lowest BCUT2D eigenvalue weighted by molar-refractivity contribution is 0.0803. The number of imide groups is 1. The summed E-state index contributed by atoms with van der Waals surface area (Å²) in [6.45, 7) is 2.17. The molecule has 0 bridgehead atoms. The number of rotatable bonds is 14. The van der Waals surface area contributed by atoms with Gasteiger partial charge in [-0.2, -0.15) is 10.5 Å².